The Morgan fingerprint density at radius 2 is 1.73 bits per heavy atom. The van der Waals surface area contributed by atoms with Crippen LogP contribution in [-0.4, -0.2) is 68.2 Å². The van der Waals surface area contributed by atoms with Crippen molar-refractivity contribution >= 4 is 23.3 Å². The van der Waals surface area contributed by atoms with Gasteiger partial charge in [0.25, 0.3) is 0 Å². The van der Waals surface area contributed by atoms with Gasteiger partial charge in [-0.15, -0.1) is 0 Å². The van der Waals surface area contributed by atoms with Crippen molar-refractivity contribution in [2.24, 2.45) is 11.8 Å². The van der Waals surface area contributed by atoms with Gasteiger partial charge in [0, 0.05) is 63.1 Å². The Morgan fingerprint density at radius 1 is 1.00 bits per heavy atom. The van der Waals surface area contributed by atoms with Crippen LogP contribution < -0.4 is 10.2 Å². The number of rotatable bonds is 5. The molecule has 0 unspecified atom stereocenters. The first-order valence-corrected chi connectivity index (χ1v) is 10.3. The fourth-order valence-electron chi connectivity index (χ4n) is 4.03. The number of piperazine rings is 1. The molecule has 1 aromatic carbocycles. The number of carbonyl (C=O) groups is 1. The number of hydrogen-bond acceptors (Lipinski definition) is 3. The van der Waals surface area contributed by atoms with Gasteiger partial charge in [0.2, 0.25) is 0 Å². The molecule has 142 valence electrons. The summed E-state index contributed by atoms with van der Waals surface area (Å²) in [6, 6.07) is 8.14. The molecule has 0 bridgehead atoms. The third-order valence-electron chi connectivity index (χ3n) is 5.89. The summed E-state index contributed by atoms with van der Waals surface area (Å²) in [5.41, 5.74) is 1.22. The van der Waals surface area contributed by atoms with Crippen molar-refractivity contribution in [1.29, 1.82) is 0 Å². The van der Waals surface area contributed by atoms with Gasteiger partial charge in [-0.2, -0.15) is 0 Å². The smallest absolute Gasteiger partial charge is 0.317 e. The van der Waals surface area contributed by atoms with Crippen LogP contribution in [0.1, 0.15) is 19.3 Å². The Balaban J connectivity index is 1.17. The Kier molecular flexibility index (Phi) is 5.55. The molecule has 1 aliphatic carbocycles. The van der Waals surface area contributed by atoms with E-state index in [2.05, 4.69) is 27.2 Å². The lowest BCUT2D eigenvalue weighted by molar-refractivity contribution is 0.135. The van der Waals surface area contributed by atoms with Crippen molar-refractivity contribution in [2.45, 2.75) is 19.3 Å². The van der Waals surface area contributed by atoms with Gasteiger partial charge in [-0.1, -0.05) is 11.6 Å². The van der Waals surface area contributed by atoms with E-state index in [0.717, 1.165) is 63.2 Å². The van der Waals surface area contributed by atoms with Gasteiger partial charge >= 0.3 is 6.03 Å². The summed E-state index contributed by atoms with van der Waals surface area (Å²) in [4.78, 5) is 19.3. The van der Waals surface area contributed by atoms with Crippen LogP contribution in [0.5, 0.6) is 0 Å². The second-order valence-electron chi connectivity index (χ2n) is 7.99. The van der Waals surface area contributed by atoms with Crippen LogP contribution in [-0.2, 0) is 0 Å². The number of hydrogen-bond donors (Lipinski definition) is 1. The lowest BCUT2D eigenvalue weighted by atomic mass is 10.1. The summed E-state index contributed by atoms with van der Waals surface area (Å²) in [5.74, 6) is 1.45. The highest BCUT2D eigenvalue weighted by Crippen LogP contribution is 2.30. The van der Waals surface area contributed by atoms with Gasteiger partial charge in [-0.3, -0.25) is 4.90 Å². The fourth-order valence-corrected chi connectivity index (χ4v) is 4.15. The van der Waals surface area contributed by atoms with Crippen molar-refractivity contribution in [3.05, 3.63) is 29.3 Å². The van der Waals surface area contributed by atoms with E-state index in [1.807, 2.05) is 17.0 Å². The lowest BCUT2D eigenvalue weighted by Crippen LogP contribution is -2.52. The predicted molar refractivity (Wildman–Crippen MR) is 106 cm³/mol. The summed E-state index contributed by atoms with van der Waals surface area (Å²) in [6.07, 6.45) is 3.92. The maximum Gasteiger partial charge on any atom is 0.317 e. The third-order valence-corrected chi connectivity index (χ3v) is 6.14. The summed E-state index contributed by atoms with van der Waals surface area (Å²) < 4.78 is 0. The first-order chi connectivity index (χ1) is 12.7. The SMILES string of the molecule is O=C(NC[C@@H]1CCN(c2ccc(Cl)cc2)C1)N1CCN(CC2CC2)CC1. The second-order valence-corrected chi connectivity index (χ2v) is 8.43. The highest BCUT2D eigenvalue weighted by Gasteiger charge is 2.28. The highest BCUT2D eigenvalue weighted by atomic mass is 35.5. The number of benzene rings is 1. The molecular weight excluding hydrogens is 348 g/mol. The zero-order chi connectivity index (χ0) is 17.9. The van der Waals surface area contributed by atoms with Crippen LogP contribution in [0.3, 0.4) is 0 Å². The van der Waals surface area contributed by atoms with Crippen molar-refractivity contribution in [3.8, 4) is 0 Å². The molecule has 2 amide bonds. The minimum Gasteiger partial charge on any atom is -0.371 e. The second kappa shape index (κ2) is 8.05. The number of carbonyl (C=O) groups excluding carboxylic acids is 1. The monoisotopic (exact) mass is 376 g/mol. The van der Waals surface area contributed by atoms with Crippen LogP contribution >= 0.6 is 11.6 Å². The third kappa shape index (κ3) is 4.63. The molecule has 1 atom stereocenters. The fraction of sp³-hybridized carbons (Fsp3) is 0.650. The van der Waals surface area contributed by atoms with E-state index in [1.54, 1.807) is 0 Å². The first-order valence-electron chi connectivity index (χ1n) is 9.93. The molecule has 26 heavy (non-hydrogen) atoms. The molecule has 2 saturated heterocycles. The van der Waals surface area contributed by atoms with Crippen molar-refractivity contribution in [1.82, 2.24) is 15.1 Å². The number of nitrogens with one attached hydrogen (secondary N) is 1. The molecular formula is C20H29ClN4O. The Morgan fingerprint density at radius 3 is 2.42 bits per heavy atom. The number of nitrogens with zero attached hydrogens (tertiary/aromatic N) is 3. The molecule has 4 rings (SSSR count). The van der Waals surface area contributed by atoms with Gasteiger partial charge in [-0.05, 0) is 55.4 Å². The molecule has 3 fully saturated rings. The number of anilines is 1. The average molecular weight is 377 g/mol. The van der Waals surface area contributed by atoms with E-state index in [9.17, 15) is 4.79 Å². The summed E-state index contributed by atoms with van der Waals surface area (Å²) in [7, 11) is 0. The standard InChI is InChI=1S/C20H29ClN4O/c21-18-3-5-19(6-4-18)25-8-7-17(15-25)13-22-20(26)24-11-9-23(10-12-24)14-16-1-2-16/h3-6,16-17H,1-2,7-15H2,(H,22,26)/t17-/m0/s1. The van der Waals surface area contributed by atoms with E-state index < -0.39 is 0 Å². The topological polar surface area (TPSA) is 38.8 Å². The molecule has 6 heteroatoms. The van der Waals surface area contributed by atoms with Crippen molar-refractivity contribution in [2.75, 3.05) is 57.3 Å². The Hall–Kier alpha value is -1.46. The summed E-state index contributed by atoms with van der Waals surface area (Å²) in [5, 5.41) is 3.94. The van der Waals surface area contributed by atoms with Gasteiger partial charge in [0.05, 0.1) is 0 Å². The number of halogens is 1. The first kappa shape index (κ1) is 17.9. The largest absolute Gasteiger partial charge is 0.371 e. The lowest BCUT2D eigenvalue weighted by Gasteiger charge is -2.35. The minimum atomic E-state index is 0.112. The molecule has 2 aliphatic heterocycles. The highest BCUT2D eigenvalue weighted by molar-refractivity contribution is 6.30. The maximum absolute atomic E-state index is 12.5. The molecule has 5 nitrogen and oxygen atoms in total. The zero-order valence-corrected chi connectivity index (χ0v) is 16.1. The molecule has 1 aromatic rings. The molecule has 1 saturated carbocycles. The number of urea groups is 1. The molecule has 3 aliphatic rings. The maximum atomic E-state index is 12.5. The van der Waals surface area contributed by atoms with E-state index >= 15 is 0 Å². The molecule has 0 aromatic heterocycles. The van der Waals surface area contributed by atoms with E-state index in [1.165, 1.54) is 25.1 Å². The van der Waals surface area contributed by atoms with Crippen LogP contribution in [0.4, 0.5) is 10.5 Å². The quantitative estimate of drug-likeness (QED) is 0.858. The summed E-state index contributed by atoms with van der Waals surface area (Å²) >= 11 is 5.97. The average Bonchev–Trinajstić information content (AvgIpc) is 3.35. The Labute approximate surface area is 161 Å². The van der Waals surface area contributed by atoms with Gasteiger partial charge < -0.3 is 15.1 Å². The van der Waals surface area contributed by atoms with E-state index in [4.69, 9.17) is 11.6 Å². The van der Waals surface area contributed by atoms with Crippen molar-refractivity contribution < 1.29 is 4.79 Å². The van der Waals surface area contributed by atoms with Crippen LogP contribution in [0.2, 0.25) is 5.02 Å². The van der Waals surface area contributed by atoms with Gasteiger partial charge in [0.15, 0.2) is 0 Å². The van der Waals surface area contributed by atoms with E-state index in [-0.39, 0.29) is 6.03 Å². The van der Waals surface area contributed by atoms with Crippen molar-refractivity contribution in [3.63, 3.8) is 0 Å². The van der Waals surface area contributed by atoms with Crippen LogP contribution in [0.25, 0.3) is 0 Å². The van der Waals surface area contributed by atoms with Crippen LogP contribution in [0.15, 0.2) is 24.3 Å². The summed E-state index contributed by atoms with van der Waals surface area (Å²) in [6.45, 7) is 7.82. The molecule has 0 radical (unpaired) electrons. The van der Waals surface area contributed by atoms with Gasteiger partial charge in [-0.25, -0.2) is 4.79 Å². The Bertz CT molecular complexity index is 611. The normalized spacial score (nSPS) is 24.1. The van der Waals surface area contributed by atoms with Gasteiger partial charge in [0.1, 0.15) is 0 Å². The molecule has 1 N–H and O–H groups in total. The predicted octanol–water partition coefficient (Wildman–Crippen LogP) is 2.90. The molecule has 2 heterocycles. The molecule has 0 spiro atoms. The minimum absolute atomic E-state index is 0.112. The number of amides is 2. The van der Waals surface area contributed by atoms with E-state index in [0.29, 0.717) is 5.92 Å². The van der Waals surface area contributed by atoms with Crippen LogP contribution in [0, 0.1) is 11.8 Å². The zero-order valence-electron chi connectivity index (χ0n) is 15.4.